The Bertz CT molecular complexity index is 5660. The van der Waals surface area contributed by atoms with Gasteiger partial charge in [-0.25, -0.2) is 0 Å². The molecule has 0 atom stereocenters. The lowest BCUT2D eigenvalue weighted by atomic mass is 9.76. The molecule has 0 spiro atoms. The molecule has 0 nitrogen and oxygen atoms in total. The van der Waals surface area contributed by atoms with Crippen molar-refractivity contribution in [1.29, 1.82) is 0 Å². The van der Waals surface area contributed by atoms with Gasteiger partial charge in [0.05, 0.1) is 0 Å². The Kier molecular flexibility index (Phi) is 9.61. The van der Waals surface area contributed by atoms with Crippen LogP contribution in [0.2, 0.25) is 0 Å². The molecule has 0 aliphatic rings. The first-order valence-electron chi connectivity index (χ1n) is 31.3. The molecule has 0 radical (unpaired) electrons. The van der Waals surface area contributed by atoms with Crippen LogP contribution in [-0.2, 0) is 21.7 Å². The highest BCUT2D eigenvalue weighted by molar-refractivity contribution is 6.53. The Balaban J connectivity index is 1.06. The van der Waals surface area contributed by atoms with Gasteiger partial charge in [-0.15, -0.1) is 0 Å². The number of rotatable bonds is 3. The first kappa shape index (κ1) is 50.2. The number of hydrogen-bond donors (Lipinski definition) is 0. The molecule has 18 rings (SSSR count). The van der Waals surface area contributed by atoms with Crippen molar-refractivity contribution in [1.82, 2.24) is 0 Å². The summed E-state index contributed by atoms with van der Waals surface area (Å²) in [4.78, 5) is 0. The van der Waals surface area contributed by atoms with Crippen LogP contribution in [0, 0.1) is 0 Å². The monoisotopic (exact) mass is 1100 g/mol. The Labute approximate surface area is 502 Å². The molecule has 0 heteroatoms. The van der Waals surface area contributed by atoms with Gasteiger partial charge < -0.3 is 0 Å². The van der Waals surface area contributed by atoms with Crippen LogP contribution in [0.3, 0.4) is 0 Å². The van der Waals surface area contributed by atoms with Gasteiger partial charge in [0.15, 0.2) is 0 Å². The summed E-state index contributed by atoms with van der Waals surface area (Å²) in [7, 11) is 0. The molecule has 0 aliphatic heterocycles. The fraction of sp³-hybridized carbons (Fsp3) is 0.186. The SMILES string of the molecule is CC(C)(C)c1cc(-c2c3c4cccc5cccc(c3c(-c3cc(C(C)(C)C)cc(C(C)(C)C)c3)c3c6ccc7c8ccc9c%10c(ccc(c%11ccc(c23)c6c%117)c8%10)c2c(-c3ccccc3)c3cccc6c7ccccc7c(c36)c92)c54)cc(C(C)(C)C)c1. The summed E-state index contributed by atoms with van der Waals surface area (Å²) in [6.07, 6.45) is 0. The molecular formula is C86H68. The summed E-state index contributed by atoms with van der Waals surface area (Å²) in [5.74, 6) is 0. The topological polar surface area (TPSA) is 0 Å². The van der Waals surface area contributed by atoms with Crippen molar-refractivity contribution in [3.8, 4) is 33.4 Å². The first-order chi connectivity index (χ1) is 41.2. The number of fused-ring (bicyclic) bond motifs is 15. The van der Waals surface area contributed by atoms with E-state index in [0.29, 0.717) is 0 Å². The standard InChI is InChI=1S/C86H68/c1-83(2,3)49-39-47(40-50(43-49)84(4,5)6)69-78-60-28-18-23-45-24-19-29-61(67(45)60)79(78)70(48-41-51(85(7,8)9)44-52(42-48)86(10,11)12)81-65-37-33-58-59-34-38-66-74-63(35-31-56(71(59)74)57-32-36-64(80(69)81)75(65)72(57)58)77-68(46-21-14-13-15-22-46)62-30-20-27-54-53-25-16-17-26-55(53)76(73(54)62)82(66)77/h13-44H,1-12H3. The number of benzene rings is 14. The molecule has 0 aliphatic carbocycles. The summed E-state index contributed by atoms with van der Waals surface area (Å²) in [6.45, 7) is 28.6. The molecule has 86 heavy (non-hydrogen) atoms. The van der Waals surface area contributed by atoms with E-state index in [4.69, 9.17) is 0 Å². The fourth-order valence-electron chi connectivity index (χ4n) is 16.6. The lowest BCUT2D eigenvalue weighted by Crippen LogP contribution is -2.16. The predicted molar refractivity (Wildman–Crippen MR) is 379 cm³/mol. The van der Waals surface area contributed by atoms with E-state index in [9.17, 15) is 0 Å². The summed E-state index contributed by atoms with van der Waals surface area (Å²) in [5, 5.41) is 37.7. The summed E-state index contributed by atoms with van der Waals surface area (Å²) in [5.41, 5.74) is 13.1. The Morgan fingerprint density at radius 1 is 0.174 bits per heavy atom. The van der Waals surface area contributed by atoms with E-state index in [-0.39, 0.29) is 21.7 Å². The summed E-state index contributed by atoms with van der Waals surface area (Å²) >= 11 is 0. The van der Waals surface area contributed by atoms with Crippen LogP contribution < -0.4 is 0 Å². The smallest absolute Gasteiger partial charge is 0.000696 e. The van der Waals surface area contributed by atoms with Crippen LogP contribution in [0.5, 0.6) is 0 Å². The normalized spacial score (nSPS) is 13.6. The molecule has 0 amide bonds. The predicted octanol–water partition coefficient (Wildman–Crippen LogP) is 25.2. The lowest BCUT2D eigenvalue weighted by molar-refractivity contribution is 0.568. The van der Waals surface area contributed by atoms with E-state index >= 15 is 0 Å². The van der Waals surface area contributed by atoms with Crippen molar-refractivity contribution in [2.45, 2.75) is 105 Å². The van der Waals surface area contributed by atoms with Gasteiger partial charge in [-0.1, -0.05) is 277 Å². The second kappa shape index (κ2) is 16.4. The van der Waals surface area contributed by atoms with E-state index in [2.05, 4.69) is 277 Å². The molecule has 412 valence electrons. The molecule has 0 N–H and O–H groups in total. The van der Waals surface area contributed by atoms with Crippen molar-refractivity contribution >= 4 is 151 Å². The van der Waals surface area contributed by atoms with E-state index in [0.717, 1.165) is 0 Å². The third kappa shape index (κ3) is 6.45. The van der Waals surface area contributed by atoms with Crippen molar-refractivity contribution in [2.75, 3.05) is 0 Å². The van der Waals surface area contributed by atoms with Crippen molar-refractivity contribution in [3.63, 3.8) is 0 Å². The van der Waals surface area contributed by atoms with Gasteiger partial charge in [0.2, 0.25) is 0 Å². The quantitative estimate of drug-likeness (QED) is 0.122. The highest BCUT2D eigenvalue weighted by Crippen LogP contribution is 2.60. The third-order valence-corrected chi connectivity index (χ3v) is 20.7. The van der Waals surface area contributed by atoms with E-state index in [1.54, 1.807) is 0 Å². The van der Waals surface area contributed by atoms with Crippen LogP contribution in [0.25, 0.3) is 184 Å². The Morgan fingerprint density at radius 2 is 0.453 bits per heavy atom. The minimum atomic E-state index is -0.0788. The molecule has 0 saturated heterocycles. The molecule has 0 heterocycles. The molecule has 0 bridgehead atoms. The van der Waals surface area contributed by atoms with Gasteiger partial charge in [-0.05, 0) is 228 Å². The van der Waals surface area contributed by atoms with Crippen LogP contribution in [0.1, 0.15) is 105 Å². The average molecular weight is 1100 g/mol. The molecular weight excluding hydrogens is 1030 g/mol. The van der Waals surface area contributed by atoms with Crippen LogP contribution in [0.4, 0.5) is 0 Å². The van der Waals surface area contributed by atoms with E-state index < -0.39 is 0 Å². The zero-order valence-electron chi connectivity index (χ0n) is 51.5. The van der Waals surface area contributed by atoms with E-state index in [1.807, 2.05) is 0 Å². The maximum absolute atomic E-state index is 2.57. The average Bonchev–Trinajstić information content (AvgIpc) is 1.49. The molecule has 0 aromatic heterocycles. The molecule has 18 aromatic rings. The minimum absolute atomic E-state index is 0.0788. The second-order valence-corrected chi connectivity index (χ2v) is 29.8. The second-order valence-electron chi connectivity index (χ2n) is 29.8. The summed E-state index contributed by atoms with van der Waals surface area (Å²) < 4.78 is 0. The maximum atomic E-state index is 2.57. The first-order valence-corrected chi connectivity index (χ1v) is 31.3. The lowest BCUT2D eigenvalue weighted by Gasteiger charge is -2.28. The van der Waals surface area contributed by atoms with Gasteiger partial charge in [0, 0.05) is 0 Å². The Morgan fingerprint density at radius 3 is 0.895 bits per heavy atom. The third-order valence-electron chi connectivity index (χ3n) is 20.7. The van der Waals surface area contributed by atoms with Crippen LogP contribution in [0.15, 0.2) is 194 Å². The minimum Gasteiger partial charge on any atom is -0.0622 e. The zero-order valence-corrected chi connectivity index (χ0v) is 51.5. The van der Waals surface area contributed by atoms with Gasteiger partial charge in [-0.3, -0.25) is 0 Å². The van der Waals surface area contributed by atoms with Crippen molar-refractivity contribution in [2.24, 2.45) is 0 Å². The van der Waals surface area contributed by atoms with Gasteiger partial charge in [0.1, 0.15) is 0 Å². The van der Waals surface area contributed by atoms with Gasteiger partial charge in [-0.2, -0.15) is 0 Å². The fourth-order valence-corrected chi connectivity index (χ4v) is 16.6. The van der Waals surface area contributed by atoms with Crippen molar-refractivity contribution < 1.29 is 0 Å². The van der Waals surface area contributed by atoms with Crippen LogP contribution >= 0.6 is 0 Å². The highest BCUT2D eigenvalue weighted by Gasteiger charge is 2.33. The van der Waals surface area contributed by atoms with Gasteiger partial charge in [0.25, 0.3) is 0 Å². The zero-order chi connectivity index (χ0) is 58.6. The Hall–Kier alpha value is -9.10. The molecule has 18 aromatic carbocycles. The highest BCUT2D eigenvalue weighted by atomic mass is 14.4. The number of hydrogen-bond acceptors (Lipinski definition) is 0. The molecule has 0 saturated carbocycles. The summed E-state index contributed by atoms with van der Waals surface area (Å²) in [6, 6.07) is 76.9. The largest absolute Gasteiger partial charge is 0.0622 e. The molecule has 0 fully saturated rings. The van der Waals surface area contributed by atoms with E-state index in [1.165, 1.54) is 206 Å². The van der Waals surface area contributed by atoms with Gasteiger partial charge >= 0.3 is 0 Å². The maximum Gasteiger partial charge on any atom is -0.000696 e. The molecule has 0 unspecified atom stereocenters. The van der Waals surface area contributed by atoms with Crippen LogP contribution in [-0.4, -0.2) is 0 Å². The van der Waals surface area contributed by atoms with Crippen molar-refractivity contribution in [3.05, 3.63) is 216 Å².